The molecule has 3 rings (SSSR count). The van der Waals surface area contributed by atoms with Gasteiger partial charge in [0, 0.05) is 35.7 Å². The second-order valence-corrected chi connectivity index (χ2v) is 6.11. The minimum absolute atomic E-state index is 0.210. The number of anilines is 2. The topological polar surface area (TPSA) is 32.3 Å². The van der Waals surface area contributed by atoms with Crippen molar-refractivity contribution in [2.75, 3.05) is 23.3 Å². The molecule has 124 valence electrons. The molecule has 0 aromatic heterocycles. The zero-order chi connectivity index (χ0) is 17.1. The minimum Gasteiger partial charge on any atom is -0.372 e. The lowest BCUT2D eigenvalue weighted by Gasteiger charge is -2.26. The molecule has 0 aliphatic heterocycles. The highest BCUT2D eigenvalue weighted by atomic mass is 16.1. The third kappa shape index (κ3) is 3.07. The number of para-hydroxylation sites is 1. The number of Topliss-reactive ketones (excluding diaryl/α,β-unsaturated/α-hetero) is 1. The van der Waals surface area contributed by atoms with E-state index in [-0.39, 0.29) is 5.78 Å². The fourth-order valence-corrected chi connectivity index (χ4v) is 3.14. The van der Waals surface area contributed by atoms with E-state index in [0.29, 0.717) is 6.42 Å². The Hall–Kier alpha value is -2.55. The number of nitrogens with one attached hydrogen (secondary N) is 1. The molecule has 3 nitrogen and oxygen atoms in total. The van der Waals surface area contributed by atoms with Gasteiger partial charge in [0.15, 0.2) is 5.78 Å². The number of hydrogen-bond donors (Lipinski definition) is 1. The molecule has 0 heterocycles. The summed E-state index contributed by atoms with van der Waals surface area (Å²) in [5.41, 5.74) is 6.29. The van der Waals surface area contributed by atoms with Gasteiger partial charge in [0.1, 0.15) is 0 Å². The predicted molar refractivity (Wildman–Crippen MR) is 101 cm³/mol. The van der Waals surface area contributed by atoms with Gasteiger partial charge in [0.25, 0.3) is 0 Å². The number of carbonyl (C=O) groups excluding carboxylic acids is 1. The molecule has 0 bridgehead atoms. The Morgan fingerprint density at radius 2 is 1.67 bits per heavy atom. The summed E-state index contributed by atoms with van der Waals surface area (Å²) in [6, 6.07) is 16.5. The van der Waals surface area contributed by atoms with E-state index >= 15 is 0 Å². The largest absolute Gasteiger partial charge is 0.372 e. The zero-order valence-corrected chi connectivity index (χ0v) is 14.6. The van der Waals surface area contributed by atoms with E-state index in [1.807, 2.05) is 18.2 Å². The van der Waals surface area contributed by atoms with Crippen LogP contribution in [0.1, 0.15) is 31.4 Å². The van der Waals surface area contributed by atoms with Crippen LogP contribution >= 0.6 is 0 Å². The van der Waals surface area contributed by atoms with Crippen LogP contribution in [0, 0.1) is 6.92 Å². The molecule has 2 aromatic rings. The van der Waals surface area contributed by atoms with E-state index in [9.17, 15) is 4.79 Å². The summed E-state index contributed by atoms with van der Waals surface area (Å²) in [6.45, 7) is 8.34. The monoisotopic (exact) mass is 320 g/mol. The Bertz CT molecular complexity index is 771. The molecule has 0 atom stereocenters. The Morgan fingerprint density at radius 1 is 1.00 bits per heavy atom. The van der Waals surface area contributed by atoms with Gasteiger partial charge in [-0.1, -0.05) is 30.3 Å². The molecule has 0 amide bonds. The molecule has 0 radical (unpaired) electrons. The second-order valence-electron chi connectivity index (χ2n) is 6.11. The smallest absolute Gasteiger partial charge is 0.171 e. The second kappa shape index (κ2) is 6.91. The van der Waals surface area contributed by atoms with Crippen LogP contribution in [-0.4, -0.2) is 18.9 Å². The molecule has 0 saturated carbocycles. The summed E-state index contributed by atoms with van der Waals surface area (Å²) < 4.78 is 0. The van der Waals surface area contributed by atoms with Crippen LogP contribution < -0.4 is 10.2 Å². The number of allylic oxidation sites excluding steroid dienone is 2. The first-order valence-electron chi connectivity index (χ1n) is 8.58. The molecule has 1 aliphatic carbocycles. The lowest BCUT2D eigenvalue weighted by molar-refractivity contribution is -0.114. The number of aryl methyl sites for hydroxylation is 1. The maximum Gasteiger partial charge on any atom is 0.171 e. The highest BCUT2D eigenvalue weighted by Gasteiger charge is 2.28. The van der Waals surface area contributed by atoms with Crippen molar-refractivity contribution in [2.45, 2.75) is 27.2 Å². The van der Waals surface area contributed by atoms with Crippen LogP contribution in [0.4, 0.5) is 11.4 Å². The predicted octanol–water partition coefficient (Wildman–Crippen LogP) is 4.64. The fourth-order valence-electron chi connectivity index (χ4n) is 3.14. The van der Waals surface area contributed by atoms with Crippen LogP contribution in [0.3, 0.4) is 0 Å². The molecule has 1 aliphatic rings. The summed E-state index contributed by atoms with van der Waals surface area (Å²) >= 11 is 0. The van der Waals surface area contributed by atoms with Crippen molar-refractivity contribution in [1.29, 1.82) is 0 Å². The zero-order valence-electron chi connectivity index (χ0n) is 14.6. The molecular weight excluding hydrogens is 296 g/mol. The van der Waals surface area contributed by atoms with Crippen molar-refractivity contribution >= 4 is 22.7 Å². The molecule has 0 unspecified atom stereocenters. The van der Waals surface area contributed by atoms with Crippen molar-refractivity contribution in [3.05, 3.63) is 65.4 Å². The molecule has 2 aromatic carbocycles. The lowest BCUT2D eigenvalue weighted by atomic mass is 9.86. The summed E-state index contributed by atoms with van der Waals surface area (Å²) in [6.07, 6.45) is 0.488. The van der Waals surface area contributed by atoms with Gasteiger partial charge in [-0.05, 0) is 50.1 Å². The minimum atomic E-state index is 0.210. The standard InChI is InChI=1S/C21H24N2O/c1-4-23(5-2)17-12-10-16(11-13-17)21-19(14-20(21)24)22-18-9-7-6-8-15(18)3/h6-13,22H,4-5,14H2,1-3H3. The molecule has 3 heteroatoms. The first-order chi connectivity index (χ1) is 11.6. The fraction of sp³-hybridized carbons (Fsp3) is 0.286. The van der Waals surface area contributed by atoms with Crippen LogP contribution in [0.5, 0.6) is 0 Å². The van der Waals surface area contributed by atoms with Gasteiger partial charge in [0.2, 0.25) is 0 Å². The van der Waals surface area contributed by atoms with Crippen molar-refractivity contribution in [3.8, 4) is 0 Å². The SMILES string of the molecule is CCN(CC)c1ccc(C2=C(Nc3ccccc3C)CC2=O)cc1. The van der Waals surface area contributed by atoms with Gasteiger partial charge in [0.05, 0.1) is 6.42 Å². The molecule has 0 fully saturated rings. The van der Waals surface area contributed by atoms with E-state index in [0.717, 1.165) is 35.6 Å². The number of rotatable bonds is 6. The van der Waals surface area contributed by atoms with Crippen LogP contribution in [0.25, 0.3) is 5.57 Å². The summed E-state index contributed by atoms with van der Waals surface area (Å²) in [4.78, 5) is 14.4. The highest BCUT2D eigenvalue weighted by molar-refractivity contribution is 6.29. The average Bonchev–Trinajstić information content (AvgIpc) is 2.58. The third-order valence-electron chi connectivity index (χ3n) is 4.63. The maximum atomic E-state index is 12.1. The van der Waals surface area contributed by atoms with E-state index in [4.69, 9.17) is 0 Å². The summed E-state index contributed by atoms with van der Waals surface area (Å²) in [7, 11) is 0. The van der Waals surface area contributed by atoms with E-state index in [2.05, 4.69) is 61.3 Å². The average molecular weight is 320 g/mol. The van der Waals surface area contributed by atoms with Crippen molar-refractivity contribution in [3.63, 3.8) is 0 Å². The van der Waals surface area contributed by atoms with Crippen molar-refractivity contribution in [1.82, 2.24) is 0 Å². The first kappa shape index (κ1) is 16.3. The Morgan fingerprint density at radius 3 is 2.25 bits per heavy atom. The molecule has 0 saturated heterocycles. The van der Waals surface area contributed by atoms with Crippen LogP contribution in [0.2, 0.25) is 0 Å². The Labute approximate surface area is 144 Å². The molecule has 1 N–H and O–H groups in total. The Balaban J connectivity index is 1.87. The summed E-state index contributed by atoms with van der Waals surface area (Å²) in [5.74, 6) is 0.210. The molecule has 0 spiro atoms. The first-order valence-corrected chi connectivity index (χ1v) is 8.58. The van der Waals surface area contributed by atoms with E-state index < -0.39 is 0 Å². The number of ketones is 1. The normalized spacial score (nSPS) is 13.7. The van der Waals surface area contributed by atoms with E-state index in [1.54, 1.807) is 0 Å². The lowest BCUT2D eigenvalue weighted by Crippen LogP contribution is -2.23. The Kier molecular flexibility index (Phi) is 4.70. The number of hydrogen-bond acceptors (Lipinski definition) is 3. The van der Waals surface area contributed by atoms with Crippen molar-refractivity contribution < 1.29 is 4.79 Å². The van der Waals surface area contributed by atoms with Gasteiger partial charge in [-0.2, -0.15) is 0 Å². The van der Waals surface area contributed by atoms with Crippen molar-refractivity contribution in [2.24, 2.45) is 0 Å². The third-order valence-corrected chi connectivity index (χ3v) is 4.63. The number of nitrogens with zero attached hydrogens (tertiary/aromatic N) is 1. The number of benzene rings is 2. The van der Waals surface area contributed by atoms with Crippen LogP contribution in [-0.2, 0) is 4.79 Å². The number of carbonyl (C=O) groups is 1. The van der Waals surface area contributed by atoms with E-state index in [1.165, 1.54) is 11.3 Å². The van der Waals surface area contributed by atoms with Gasteiger partial charge in [-0.15, -0.1) is 0 Å². The quantitative estimate of drug-likeness (QED) is 0.841. The van der Waals surface area contributed by atoms with Gasteiger partial charge in [-0.25, -0.2) is 0 Å². The van der Waals surface area contributed by atoms with Gasteiger partial charge >= 0.3 is 0 Å². The summed E-state index contributed by atoms with van der Waals surface area (Å²) in [5, 5.41) is 3.43. The molecule has 24 heavy (non-hydrogen) atoms. The van der Waals surface area contributed by atoms with Gasteiger partial charge in [-0.3, -0.25) is 4.79 Å². The van der Waals surface area contributed by atoms with Crippen LogP contribution in [0.15, 0.2) is 54.2 Å². The maximum absolute atomic E-state index is 12.1. The van der Waals surface area contributed by atoms with Gasteiger partial charge < -0.3 is 10.2 Å². The molecular formula is C21H24N2O. The highest BCUT2D eigenvalue weighted by Crippen LogP contribution is 2.35.